The van der Waals surface area contributed by atoms with Gasteiger partial charge in [0.2, 0.25) is 0 Å². The lowest BCUT2D eigenvalue weighted by Crippen LogP contribution is -1.83. The van der Waals surface area contributed by atoms with Gasteiger partial charge in [0.25, 0.3) is 0 Å². The Hall–Kier alpha value is -0.480. The molecule has 0 unspecified atom stereocenters. The highest BCUT2D eigenvalue weighted by Gasteiger charge is 1.88. The van der Waals surface area contributed by atoms with Crippen LogP contribution in [0.3, 0.4) is 0 Å². The lowest BCUT2D eigenvalue weighted by atomic mass is 10.1. The number of unbranched alkanes of at least 4 members (excludes halogenated alkanes) is 6. The fraction of sp³-hybridized carbons (Fsp3) is 0.800. The molecule has 1 nitrogen and oxygen atoms in total. The van der Waals surface area contributed by atoms with E-state index in [1.54, 1.807) is 0 Å². The number of rotatable bonds is 7. The summed E-state index contributed by atoms with van der Waals surface area (Å²) in [5, 5.41) is 8.47. The Morgan fingerprint density at radius 2 is 1.45 bits per heavy atom. The van der Waals surface area contributed by atoms with Gasteiger partial charge in [-0.25, -0.2) is 0 Å². The highest BCUT2D eigenvalue weighted by atomic mass is 16.2. The topological polar surface area (TPSA) is 20.2 Å². The van der Waals surface area contributed by atoms with Gasteiger partial charge in [-0.05, 0) is 19.3 Å². The van der Waals surface area contributed by atoms with E-state index in [4.69, 9.17) is 11.5 Å². The van der Waals surface area contributed by atoms with Gasteiger partial charge in [0.15, 0.2) is 0 Å². The van der Waals surface area contributed by atoms with E-state index in [0.29, 0.717) is 6.61 Å². The first-order chi connectivity index (χ1) is 5.41. The van der Waals surface area contributed by atoms with Crippen molar-refractivity contribution in [2.75, 3.05) is 6.61 Å². The SMILES string of the molecule is [C]#CCCCCCCCCO. The van der Waals surface area contributed by atoms with Crippen LogP contribution < -0.4 is 0 Å². The average molecular weight is 153 g/mol. The summed E-state index contributed by atoms with van der Waals surface area (Å²) in [6.07, 6.45) is 14.3. The molecular formula is C10H17O. The Kier molecular flexibility index (Phi) is 9.10. The van der Waals surface area contributed by atoms with Crippen molar-refractivity contribution in [1.82, 2.24) is 0 Å². The van der Waals surface area contributed by atoms with Gasteiger partial charge in [0.1, 0.15) is 0 Å². The Morgan fingerprint density at radius 3 is 2.00 bits per heavy atom. The average Bonchev–Trinajstić information content (AvgIpc) is 2.03. The monoisotopic (exact) mass is 153 g/mol. The molecule has 0 aromatic carbocycles. The third-order valence-electron chi connectivity index (χ3n) is 1.71. The van der Waals surface area contributed by atoms with Crippen LogP contribution in [0.15, 0.2) is 0 Å². The van der Waals surface area contributed by atoms with Crippen molar-refractivity contribution >= 4 is 0 Å². The summed E-state index contributed by atoms with van der Waals surface area (Å²) in [6, 6.07) is 0. The normalized spacial score (nSPS) is 9.45. The van der Waals surface area contributed by atoms with Gasteiger partial charge in [-0.15, -0.1) is 0 Å². The molecule has 0 amide bonds. The molecule has 0 rings (SSSR count). The van der Waals surface area contributed by atoms with Crippen molar-refractivity contribution in [2.24, 2.45) is 0 Å². The molecular weight excluding hydrogens is 136 g/mol. The maximum atomic E-state index is 8.47. The zero-order valence-electron chi connectivity index (χ0n) is 7.10. The maximum Gasteiger partial charge on any atom is 0.0431 e. The van der Waals surface area contributed by atoms with E-state index in [2.05, 4.69) is 5.92 Å². The van der Waals surface area contributed by atoms with Crippen LogP contribution >= 0.6 is 0 Å². The van der Waals surface area contributed by atoms with Crippen molar-refractivity contribution in [3.05, 3.63) is 6.42 Å². The fourth-order valence-corrected chi connectivity index (χ4v) is 1.03. The van der Waals surface area contributed by atoms with Crippen molar-refractivity contribution in [1.29, 1.82) is 0 Å². The summed E-state index contributed by atoms with van der Waals surface area (Å²) >= 11 is 0. The third-order valence-corrected chi connectivity index (χ3v) is 1.71. The molecule has 11 heavy (non-hydrogen) atoms. The quantitative estimate of drug-likeness (QED) is 0.439. The van der Waals surface area contributed by atoms with Gasteiger partial charge in [-0.2, -0.15) is 0 Å². The van der Waals surface area contributed by atoms with Crippen LogP contribution in [-0.4, -0.2) is 11.7 Å². The first kappa shape index (κ1) is 10.5. The van der Waals surface area contributed by atoms with Gasteiger partial charge in [0.05, 0.1) is 0 Å². The Morgan fingerprint density at radius 1 is 0.909 bits per heavy atom. The summed E-state index contributed by atoms with van der Waals surface area (Å²) in [6.45, 7) is 0.328. The molecule has 0 spiro atoms. The maximum absolute atomic E-state index is 8.47. The van der Waals surface area contributed by atoms with E-state index in [-0.39, 0.29) is 0 Å². The van der Waals surface area contributed by atoms with Gasteiger partial charge in [-0.3, -0.25) is 0 Å². The molecule has 1 radical (unpaired) electrons. The minimum atomic E-state index is 0.328. The van der Waals surface area contributed by atoms with Crippen LogP contribution in [0.25, 0.3) is 0 Å². The molecule has 0 saturated carbocycles. The second kappa shape index (κ2) is 9.52. The first-order valence-corrected chi connectivity index (χ1v) is 4.42. The standard InChI is InChI=1S/C10H17O/c1-2-3-4-5-6-7-8-9-10-11/h11H,3-10H2. The Labute approximate surface area is 69.8 Å². The zero-order chi connectivity index (χ0) is 8.36. The molecule has 0 aliphatic heterocycles. The molecule has 0 heterocycles. The summed E-state index contributed by atoms with van der Waals surface area (Å²) in [7, 11) is 0. The predicted molar refractivity (Wildman–Crippen MR) is 46.5 cm³/mol. The van der Waals surface area contributed by atoms with Crippen LogP contribution in [0, 0.1) is 12.3 Å². The van der Waals surface area contributed by atoms with Crippen molar-refractivity contribution in [3.8, 4) is 5.92 Å². The lowest BCUT2D eigenvalue weighted by Gasteiger charge is -1.97. The Bertz CT molecular complexity index is 102. The molecule has 0 saturated heterocycles. The minimum absolute atomic E-state index is 0.328. The molecule has 1 N–H and O–H groups in total. The summed E-state index contributed by atoms with van der Waals surface area (Å²) < 4.78 is 0. The smallest absolute Gasteiger partial charge is 0.0431 e. The van der Waals surface area contributed by atoms with Crippen LogP contribution in [0.4, 0.5) is 0 Å². The van der Waals surface area contributed by atoms with Crippen LogP contribution in [0.2, 0.25) is 0 Å². The predicted octanol–water partition coefficient (Wildman–Crippen LogP) is 2.30. The fourth-order valence-electron chi connectivity index (χ4n) is 1.03. The molecule has 1 heteroatoms. The summed E-state index contributed by atoms with van der Waals surface area (Å²) in [4.78, 5) is 0. The molecule has 0 atom stereocenters. The highest BCUT2D eigenvalue weighted by molar-refractivity contribution is 4.74. The number of aliphatic hydroxyl groups excluding tert-OH is 1. The molecule has 0 fully saturated rings. The zero-order valence-corrected chi connectivity index (χ0v) is 7.10. The van der Waals surface area contributed by atoms with Gasteiger partial charge in [-0.1, -0.05) is 31.6 Å². The van der Waals surface area contributed by atoms with Crippen molar-refractivity contribution in [2.45, 2.75) is 44.9 Å². The largest absolute Gasteiger partial charge is 0.396 e. The van der Waals surface area contributed by atoms with E-state index in [1.807, 2.05) is 0 Å². The molecule has 0 aromatic rings. The van der Waals surface area contributed by atoms with Crippen LogP contribution in [-0.2, 0) is 0 Å². The van der Waals surface area contributed by atoms with Crippen molar-refractivity contribution in [3.63, 3.8) is 0 Å². The van der Waals surface area contributed by atoms with E-state index in [0.717, 1.165) is 25.7 Å². The number of hydrogen-bond acceptors (Lipinski definition) is 1. The lowest BCUT2D eigenvalue weighted by molar-refractivity contribution is 0.282. The van der Waals surface area contributed by atoms with E-state index >= 15 is 0 Å². The molecule has 0 bridgehead atoms. The second-order valence-electron chi connectivity index (χ2n) is 2.77. The van der Waals surface area contributed by atoms with Gasteiger partial charge in [0, 0.05) is 13.0 Å². The number of hydrogen-bond donors (Lipinski definition) is 1. The van der Waals surface area contributed by atoms with E-state index in [9.17, 15) is 0 Å². The van der Waals surface area contributed by atoms with E-state index < -0.39 is 0 Å². The number of aliphatic hydroxyl groups is 1. The van der Waals surface area contributed by atoms with E-state index in [1.165, 1.54) is 19.3 Å². The summed E-state index contributed by atoms with van der Waals surface area (Å²) in [5.41, 5.74) is 0. The van der Waals surface area contributed by atoms with Crippen LogP contribution in [0.5, 0.6) is 0 Å². The van der Waals surface area contributed by atoms with Gasteiger partial charge < -0.3 is 5.11 Å². The molecule has 0 aliphatic rings. The van der Waals surface area contributed by atoms with Gasteiger partial charge >= 0.3 is 0 Å². The first-order valence-electron chi connectivity index (χ1n) is 4.42. The van der Waals surface area contributed by atoms with Crippen molar-refractivity contribution < 1.29 is 5.11 Å². The Balaban J connectivity index is 2.75. The minimum Gasteiger partial charge on any atom is -0.396 e. The summed E-state index contributed by atoms with van der Waals surface area (Å²) in [5.74, 6) is 2.38. The molecule has 0 aliphatic carbocycles. The molecule has 63 valence electrons. The third kappa shape index (κ3) is 9.52. The van der Waals surface area contributed by atoms with Crippen LogP contribution in [0.1, 0.15) is 44.9 Å². The molecule has 0 aromatic heterocycles. The highest BCUT2D eigenvalue weighted by Crippen LogP contribution is 2.05. The second-order valence-corrected chi connectivity index (χ2v) is 2.77.